The standard InChI is InChI=1S/C18H23NO5S/c1-4-23-15-5-7-16(8-6-15)24-12-11-19-25(20,21)17-9-10-18(22-3)14(2)13-17/h5-10,13,19H,4,11-12H2,1-3H3. The molecule has 0 saturated heterocycles. The minimum absolute atomic E-state index is 0.167. The normalized spacial score (nSPS) is 11.2. The van der Waals surface area contributed by atoms with Gasteiger partial charge in [-0.25, -0.2) is 13.1 Å². The SMILES string of the molecule is CCOc1ccc(OCCNS(=O)(=O)c2ccc(OC)c(C)c2)cc1. The van der Waals surface area contributed by atoms with E-state index < -0.39 is 10.0 Å². The highest BCUT2D eigenvalue weighted by Gasteiger charge is 2.14. The summed E-state index contributed by atoms with van der Waals surface area (Å²) in [4.78, 5) is 0.201. The molecule has 25 heavy (non-hydrogen) atoms. The topological polar surface area (TPSA) is 73.9 Å². The summed E-state index contributed by atoms with van der Waals surface area (Å²) in [5.74, 6) is 2.08. The van der Waals surface area contributed by atoms with Crippen LogP contribution in [0.1, 0.15) is 12.5 Å². The predicted molar refractivity (Wildman–Crippen MR) is 96.0 cm³/mol. The van der Waals surface area contributed by atoms with Gasteiger partial charge >= 0.3 is 0 Å². The maximum atomic E-state index is 12.3. The molecule has 0 saturated carbocycles. The van der Waals surface area contributed by atoms with Gasteiger partial charge in [-0.3, -0.25) is 0 Å². The third kappa shape index (κ3) is 5.37. The number of rotatable bonds is 9. The van der Waals surface area contributed by atoms with E-state index in [1.165, 1.54) is 6.07 Å². The molecule has 136 valence electrons. The van der Waals surface area contributed by atoms with Crippen molar-refractivity contribution in [2.45, 2.75) is 18.7 Å². The van der Waals surface area contributed by atoms with Crippen molar-refractivity contribution in [1.29, 1.82) is 0 Å². The number of methoxy groups -OCH3 is 1. The number of hydrogen-bond acceptors (Lipinski definition) is 5. The second kappa shape index (κ2) is 8.73. The Hall–Kier alpha value is -2.25. The van der Waals surface area contributed by atoms with Gasteiger partial charge in [0.05, 0.1) is 18.6 Å². The first-order chi connectivity index (χ1) is 12.0. The fourth-order valence-corrected chi connectivity index (χ4v) is 3.34. The summed E-state index contributed by atoms with van der Waals surface area (Å²) in [5.41, 5.74) is 0.760. The van der Waals surface area contributed by atoms with Gasteiger partial charge in [-0.1, -0.05) is 0 Å². The molecule has 0 unspecified atom stereocenters. The highest BCUT2D eigenvalue weighted by Crippen LogP contribution is 2.21. The first-order valence-corrected chi connectivity index (χ1v) is 9.44. The zero-order valence-corrected chi connectivity index (χ0v) is 15.4. The van der Waals surface area contributed by atoms with Crippen LogP contribution in [0, 0.1) is 6.92 Å². The van der Waals surface area contributed by atoms with Crippen LogP contribution < -0.4 is 18.9 Å². The fourth-order valence-electron chi connectivity index (χ4n) is 2.25. The second-order valence-electron chi connectivity index (χ2n) is 5.28. The molecule has 2 aromatic carbocycles. The molecule has 0 aromatic heterocycles. The van der Waals surface area contributed by atoms with E-state index in [9.17, 15) is 8.42 Å². The summed E-state index contributed by atoms with van der Waals surface area (Å²) in [7, 11) is -2.03. The molecular weight excluding hydrogens is 342 g/mol. The van der Waals surface area contributed by atoms with Gasteiger partial charge in [0.25, 0.3) is 0 Å². The number of aryl methyl sites for hydroxylation is 1. The van der Waals surface area contributed by atoms with Gasteiger partial charge in [-0.2, -0.15) is 0 Å². The van der Waals surface area contributed by atoms with Crippen molar-refractivity contribution >= 4 is 10.0 Å². The quantitative estimate of drug-likeness (QED) is 0.692. The zero-order valence-electron chi connectivity index (χ0n) is 14.6. The van der Waals surface area contributed by atoms with Gasteiger partial charge in [-0.15, -0.1) is 0 Å². The van der Waals surface area contributed by atoms with Crippen LogP contribution in [0.2, 0.25) is 0 Å². The summed E-state index contributed by atoms with van der Waals surface area (Å²) in [6.45, 7) is 4.71. The molecule has 1 N–H and O–H groups in total. The lowest BCUT2D eigenvalue weighted by molar-refractivity contribution is 0.319. The lowest BCUT2D eigenvalue weighted by Gasteiger charge is -2.11. The third-order valence-corrected chi connectivity index (χ3v) is 4.93. The fraction of sp³-hybridized carbons (Fsp3) is 0.333. The van der Waals surface area contributed by atoms with Crippen molar-refractivity contribution in [2.24, 2.45) is 0 Å². The predicted octanol–water partition coefficient (Wildman–Crippen LogP) is 2.76. The average molecular weight is 365 g/mol. The molecule has 0 aliphatic rings. The van der Waals surface area contributed by atoms with Gasteiger partial charge in [-0.05, 0) is 61.9 Å². The van der Waals surface area contributed by atoms with E-state index in [1.807, 2.05) is 19.1 Å². The third-order valence-electron chi connectivity index (χ3n) is 3.47. The Morgan fingerprint density at radius 1 is 1.00 bits per heavy atom. The first kappa shape index (κ1) is 19.1. The lowest BCUT2D eigenvalue weighted by atomic mass is 10.2. The van der Waals surface area contributed by atoms with Crippen LogP contribution in [-0.4, -0.2) is 35.3 Å². The lowest BCUT2D eigenvalue weighted by Crippen LogP contribution is -2.28. The molecule has 0 aliphatic heterocycles. The van der Waals surface area contributed by atoms with E-state index in [0.717, 1.165) is 11.3 Å². The summed E-state index contributed by atoms with van der Waals surface area (Å²) in [6.07, 6.45) is 0. The van der Waals surface area contributed by atoms with Crippen LogP contribution in [0.15, 0.2) is 47.4 Å². The second-order valence-corrected chi connectivity index (χ2v) is 7.05. The Balaban J connectivity index is 1.86. The number of sulfonamides is 1. The summed E-state index contributed by atoms with van der Waals surface area (Å²) in [5, 5.41) is 0. The van der Waals surface area contributed by atoms with E-state index in [-0.39, 0.29) is 18.0 Å². The van der Waals surface area contributed by atoms with Crippen molar-refractivity contribution < 1.29 is 22.6 Å². The Morgan fingerprint density at radius 3 is 2.20 bits per heavy atom. The summed E-state index contributed by atoms with van der Waals surface area (Å²) in [6, 6.07) is 11.9. The summed E-state index contributed by atoms with van der Waals surface area (Å²) >= 11 is 0. The van der Waals surface area contributed by atoms with Crippen molar-refractivity contribution in [2.75, 3.05) is 26.9 Å². The van der Waals surface area contributed by atoms with E-state index in [1.54, 1.807) is 38.3 Å². The largest absolute Gasteiger partial charge is 0.496 e. The maximum absolute atomic E-state index is 12.3. The molecular formula is C18H23NO5S. The molecule has 6 nitrogen and oxygen atoms in total. The highest BCUT2D eigenvalue weighted by atomic mass is 32.2. The smallest absolute Gasteiger partial charge is 0.240 e. The Labute approximate surface area is 148 Å². The van der Waals surface area contributed by atoms with Crippen LogP contribution >= 0.6 is 0 Å². The molecule has 0 radical (unpaired) electrons. The molecule has 0 bridgehead atoms. The Bertz CT molecular complexity index is 788. The molecule has 0 amide bonds. The number of benzene rings is 2. The van der Waals surface area contributed by atoms with Crippen molar-refractivity contribution in [3.05, 3.63) is 48.0 Å². The van der Waals surface area contributed by atoms with E-state index in [0.29, 0.717) is 18.1 Å². The van der Waals surface area contributed by atoms with Crippen molar-refractivity contribution in [3.63, 3.8) is 0 Å². The first-order valence-electron chi connectivity index (χ1n) is 7.96. The molecule has 2 aromatic rings. The monoisotopic (exact) mass is 365 g/mol. The zero-order chi connectivity index (χ0) is 18.3. The molecule has 2 rings (SSSR count). The number of nitrogens with one attached hydrogen (secondary N) is 1. The molecule has 0 atom stereocenters. The molecule has 0 fully saturated rings. The van der Waals surface area contributed by atoms with Crippen LogP contribution in [0.3, 0.4) is 0 Å². The Kier molecular flexibility index (Phi) is 6.66. The van der Waals surface area contributed by atoms with E-state index in [2.05, 4.69) is 4.72 Å². The van der Waals surface area contributed by atoms with Gasteiger partial charge < -0.3 is 14.2 Å². The van der Waals surface area contributed by atoms with Gasteiger partial charge in [0.2, 0.25) is 10.0 Å². The Morgan fingerprint density at radius 2 is 1.64 bits per heavy atom. The van der Waals surface area contributed by atoms with Gasteiger partial charge in [0.1, 0.15) is 23.9 Å². The van der Waals surface area contributed by atoms with Crippen LogP contribution in [0.5, 0.6) is 17.2 Å². The van der Waals surface area contributed by atoms with E-state index >= 15 is 0 Å². The molecule has 0 spiro atoms. The maximum Gasteiger partial charge on any atom is 0.240 e. The van der Waals surface area contributed by atoms with Crippen molar-refractivity contribution in [1.82, 2.24) is 4.72 Å². The number of ether oxygens (including phenoxy) is 3. The number of hydrogen-bond donors (Lipinski definition) is 1. The average Bonchev–Trinajstić information content (AvgIpc) is 2.60. The highest BCUT2D eigenvalue weighted by molar-refractivity contribution is 7.89. The van der Waals surface area contributed by atoms with Crippen LogP contribution in [0.25, 0.3) is 0 Å². The molecule has 0 heterocycles. The minimum atomic E-state index is -3.58. The van der Waals surface area contributed by atoms with Gasteiger partial charge in [0.15, 0.2) is 0 Å². The van der Waals surface area contributed by atoms with Crippen molar-refractivity contribution in [3.8, 4) is 17.2 Å². The van der Waals surface area contributed by atoms with Crippen LogP contribution in [-0.2, 0) is 10.0 Å². The van der Waals surface area contributed by atoms with Gasteiger partial charge in [0, 0.05) is 6.54 Å². The molecule has 0 aliphatic carbocycles. The minimum Gasteiger partial charge on any atom is -0.496 e. The van der Waals surface area contributed by atoms with Crippen LogP contribution in [0.4, 0.5) is 0 Å². The van der Waals surface area contributed by atoms with E-state index in [4.69, 9.17) is 14.2 Å². The molecule has 7 heteroatoms. The summed E-state index contributed by atoms with van der Waals surface area (Å²) < 4.78 is 43.1.